The Labute approximate surface area is 93.9 Å². The highest BCUT2D eigenvalue weighted by molar-refractivity contribution is 5.66. The molecule has 0 atom stereocenters. The summed E-state index contributed by atoms with van der Waals surface area (Å²) >= 11 is 0. The molecule has 0 saturated carbocycles. The Hall–Kier alpha value is -1.91. The number of nitro groups is 1. The van der Waals surface area contributed by atoms with Crippen molar-refractivity contribution in [1.29, 1.82) is 0 Å². The van der Waals surface area contributed by atoms with Crippen LogP contribution >= 0.6 is 0 Å². The van der Waals surface area contributed by atoms with Gasteiger partial charge in [-0.25, -0.2) is 0 Å². The van der Waals surface area contributed by atoms with Crippen LogP contribution in [0.5, 0.6) is 0 Å². The molecule has 0 spiro atoms. The molecule has 1 aromatic rings. The van der Waals surface area contributed by atoms with E-state index in [1.165, 1.54) is 6.07 Å². The summed E-state index contributed by atoms with van der Waals surface area (Å²) < 4.78 is 0. The number of carboxylic acids is 1. The zero-order chi connectivity index (χ0) is 12.6. The van der Waals surface area contributed by atoms with Crippen LogP contribution in [0.2, 0.25) is 0 Å². The van der Waals surface area contributed by atoms with Gasteiger partial charge in [0.15, 0.2) is 0 Å². The lowest BCUT2D eigenvalue weighted by Gasteiger charge is -1.92. The van der Waals surface area contributed by atoms with Gasteiger partial charge in [-0.15, -0.1) is 0 Å². The van der Waals surface area contributed by atoms with E-state index in [1.54, 1.807) is 25.1 Å². The van der Waals surface area contributed by atoms with E-state index in [0.29, 0.717) is 12.0 Å². The summed E-state index contributed by atoms with van der Waals surface area (Å²) in [4.78, 5) is 19.4. The van der Waals surface area contributed by atoms with Gasteiger partial charge >= 0.3 is 5.97 Å². The topological polar surface area (TPSA) is 80.4 Å². The average molecular weight is 225 g/mol. The number of nitro benzene ring substituents is 1. The van der Waals surface area contributed by atoms with Crippen LogP contribution in [0, 0.1) is 17.0 Å². The Kier molecular flexibility index (Phi) is 6.51. The molecule has 88 valence electrons. The first-order chi connectivity index (χ1) is 7.49. The first kappa shape index (κ1) is 14.1. The molecule has 0 amide bonds. The van der Waals surface area contributed by atoms with Crippen molar-refractivity contribution in [3.05, 3.63) is 39.9 Å². The normalized spacial score (nSPS) is 8.88. The predicted molar refractivity (Wildman–Crippen MR) is 60.4 cm³/mol. The maximum atomic E-state index is 10.2. The number of para-hydroxylation sites is 1. The summed E-state index contributed by atoms with van der Waals surface area (Å²) in [5, 5.41) is 18.1. The predicted octanol–water partition coefficient (Wildman–Crippen LogP) is 2.77. The van der Waals surface area contributed by atoms with Crippen molar-refractivity contribution >= 4 is 11.7 Å². The molecular formula is C11H15NO4. The summed E-state index contributed by atoms with van der Waals surface area (Å²) in [5.74, 6) is -0.711. The first-order valence-corrected chi connectivity index (χ1v) is 4.90. The number of hydrogen-bond acceptors (Lipinski definition) is 3. The third-order valence-electron chi connectivity index (χ3n) is 1.78. The molecule has 0 heterocycles. The third-order valence-corrected chi connectivity index (χ3v) is 1.78. The fourth-order valence-electron chi connectivity index (χ4n) is 0.982. The molecule has 0 unspecified atom stereocenters. The second-order valence-electron chi connectivity index (χ2n) is 3.19. The maximum Gasteiger partial charge on any atom is 0.303 e. The summed E-state index contributed by atoms with van der Waals surface area (Å²) in [6.07, 6.45) is 1.02. The molecule has 1 rings (SSSR count). The van der Waals surface area contributed by atoms with E-state index in [1.807, 2.05) is 6.92 Å². The van der Waals surface area contributed by atoms with Crippen LogP contribution in [0.4, 0.5) is 5.69 Å². The molecular weight excluding hydrogens is 210 g/mol. The lowest BCUT2D eigenvalue weighted by atomic mass is 10.2. The van der Waals surface area contributed by atoms with Gasteiger partial charge in [-0.1, -0.05) is 25.1 Å². The van der Waals surface area contributed by atoms with Crippen LogP contribution in [-0.2, 0) is 4.79 Å². The number of rotatable bonds is 3. The van der Waals surface area contributed by atoms with Crippen LogP contribution in [0.15, 0.2) is 24.3 Å². The van der Waals surface area contributed by atoms with Gasteiger partial charge < -0.3 is 5.11 Å². The van der Waals surface area contributed by atoms with Gasteiger partial charge in [0.2, 0.25) is 0 Å². The molecule has 0 aliphatic heterocycles. The van der Waals surface area contributed by atoms with Crippen molar-refractivity contribution in [1.82, 2.24) is 0 Å². The number of aliphatic carboxylic acids is 1. The number of aryl methyl sites for hydroxylation is 1. The quantitative estimate of drug-likeness (QED) is 0.633. The lowest BCUT2D eigenvalue weighted by Crippen LogP contribution is -1.90. The van der Waals surface area contributed by atoms with Crippen molar-refractivity contribution in [2.24, 2.45) is 0 Å². The van der Waals surface area contributed by atoms with Gasteiger partial charge in [0.25, 0.3) is 5.69 Å². The highest BCUT2D eigenvalue weighted by Crippen LogP contribution is 2.14. The molecule has 1 N–H and O–H groups in total. The monoisotopic (exact) mass is 225 g/mol. The first-order valence-electron chi connectivity index (χ1n) is 4.90. The summed E-state index contributed by atoms with van der Waals surface area (Å²) in [7, 11) is 0. The Morgan fingerprint density at radius 2 is 2.00 bits per heavy atom. The van der Waals surface area contributed by atoms with Crippen LogP contribution in [0.1, 0.15) is 25.3 Å². The van der Waals surface area contributed by atoms with Crippen molar-refractivity contribution in [2.45, 2.75) is 26.7 Å². The molecule has 0 fully saturated rings. The third kappa shape index (κ3) is 5.74. The minimum absolute atomic E-state index is 0.183. The number of carboxylic acid groups (broad SMARTS) is 1. The maximum absolute atomic E-state index is 10.2. The van der Waals surface area contributed by atoms with E-state index in [0.717, 1.165) is 6.42 Å². The zero-order valence-corrected chi connectivity index (χ0v) is 9.34. The molecule has 0 aliphatic carbocycles. The van der Waals surface area contributed by atoms with Gasteiger partial charge in [0.1, 0.15) is 0 Å². The second-order valence-corrected chi connectivity index (χ2v) is 3.19. The van der Waals surface area contributed by atoms with Gasteiger partial charge in [-0.05, 0) is 13.3 Å². The van der Waals surface area contributed by atoms with Gasteiger partial charge in [-0.3, -0.25) is 14.9 Å². The Balaban J connectivity index is 0.000000325. The van der Waals surface area contributed by atoms with Crippen molar-refractivity contribution in [3.63, 3.8) is 0 Å². The van der Waals surface area contributed by atoms with E-state index in [2.05, 4.69) is 0 Å². The molecule has 16 heavy (non-hydrogen) atoms. The summed E-state index contributed by atoms with van der Waals surface area (Å²) in [5.41, 5.74) is 0.884. The molecule has 0 saturated heterocycles. The zero-order valence-electron chi connectivity index (χ0n) is 9.34. The molecule has 0 bridgehead atoms. The fourth-order valence-corrected chi connectivity index (χ4v) is 0.982. The molecule has 5 heteroatoms. The van der Waals surface area contributed by atoms with Crippen molar-refractivity contribution in [2.75, 3.05) is 0 Å². The van der Waals surface area contributed by atoms with Crippen LogP contribution in [-0.4, -0.2) is 16.0 Å². The smallest absolute Gasteiger partial charge is 0.303 e. The van der Waals surface area contributed by atoms with Gasteiger partial charge in [0, 0.05) is 18.1 Å². The standard InChI is InChI=1S/C7H7NO2.C4H8O2/c1-6-4-2-3-5-7(6)8(9)10;1-2-3-4(5)6/h2-5H,1H3;2-3H2,1H3,(H,5,6). The lowest BCUT2D eigenvalue weighted by molar-refractivity contribution is -0.385. The van der Waals surface area contributed by atoms with Crippen LogP contribution in [0.3, 0.4) is 0 Å². The highest BCUT2D eigenvalue weighted by Gasteiger charge is 2.05. The summed E-state index contributed by atoms with van der Waals surface area (Å²) in [6.45, 7) is 3.56. The number of benzene rings is 1. The minimum Gasteiger partial charge on any atom is -0.481 e. The largest absolute Gasteiger partial charge is 0.481 e. The van der Waals surface area contributed by atoms with Crippen molar-refractivity contribution < 1.29 is 14.8 Å². The highest BCUT2D eigenvalue weighted by atomic mass is 16.6. The molecule has 0 aliphatic rings. The van der Waals surface area contributed by atoms with E-state index in [9.17, 15) is 14.9 Å². The second kappa shape index (κ2) is 7.39. The minimum atomic E-state index is -0.711. The Bertz CT molecular complexity index is 363. The SMILES string of the molecule is CCCC(=O)O.Cc1ccccc1[N+](=O)[O-]. The van der Waals surface area contributed by atoms with E-state index < -0.39 is 5.97 Å². The van der Waals surface area contributed by atoms with Gasteiger partial charge in [-0.2, -0.15) is 0 Å². The average Bonchev–Trinajstić information content (AvgIpc) is 2.18. The Morgan fingerprint density at radius 3 is 2.25 bits per heavy atom. The van der Waals surface area contributed by atoms with Crippen LogP contribution < -0.4 is 0 Å². The molecule has 0 aromatic heterocycles. The number of carbonyl (C=O) groups is 1. The Morgan fingerprint density at radius 1 is 1.44 bits per heavy atom. The van der Waals surface area contributed by atoms with E-state index >= 15 is 0 Å². The fraction of sp³-hybridized carbons (Fsp3) is 0.364. The molecule has 0 radical (unpaired) electrons. The van der Waals surface area contributed by atoms with E-state index in [-0.39, 0.29) is 10.6 Å². The number of hydrogen-bond donors (Lipinski definition) is 1. The summed E-state index contributed by atoms with van der Waals surface area (Å²) in [6, 6.07) is 6.65. The van der Waals surface area contributed by atoms with Crippen molar-refractivity contribution in [3.8, 4) is 0 Å². The molecule has 1 aromatic carbocycles. The van der Waals surface area contributed by atoms with E-state index in [4.69, 9.17) is 5.11 Å². The molecule has 5 nitrogen and oxygen atoms in total. The van der Waals surface area contributed by atoms with Crippen LogP contribution in [0.25, 0.3) is 0 Å². The van der Waals surface area contributed by atoms with Gasteiger partial charge in [0.05, 0.1) is 4.92 Å². The number of nitrogens with zero attached hydrogens (tertiary/aromatic N) is 1.